The second-order valence-electron chi connectivity index (χ2n) is 5.14. The molecular formula is C14H17BrO5S. The van der Waals surface area contributed by atoms with Gasteiger partial charge in [0.1, 0.15) is 0 Å². The van der Waals surface area contributed by atoms with Gasteiger partial charge in [-0.2, -0.15) is 0 Å². The third kappa shape index (κ3) is 3.46. The van der Waals surface area contributed by atoms with Crippen LogP contribution in [-0.4, -0.2) is 38.0 Å². The van der Waals surface area contributed by atoms with E-state index in [1.54, 1.807) is 7.11 Å². The number of aromatic carboxylic acids is 1. The zero-order valence-corrected chi connectivity index (χ0v) is 14.0. The molecule has 1 saturated carbocycles. The molecule has 1 aliphatic carbocycles. The minimum Gasteiger partial charge on any atom is -0.478 e. The van der Waals surface area contributed by atoms with Gasteiger partial charge in [0.15, 0.2) is 9.84 Å². The molecule has 1 fully saturated rings. The van der Waals surface area contributed by atoms with Crippen LogP contribution < -0.4 is 0 Å². The Morgan fingerprint density at radius 2 is 2.10 bits per heavy atom. The SMILES string of the molecule is COC1CCCC(S(=O)(=O)c2cc(C(=O)O)ccc2Br)C1. The van der Waals surface area contributed by atoms with Crippen molar-refractivity contribution in [2.75, 3.05) is 7.11 Å². The number of rotatable bonds is 4. The largest absolute Gasteiger partial charge is 0.478 e. The summed E-state index contributed by atoms with van der Waals surface area (Å²) in [6.45, 7) is 0. The van der Waals surface area contributed by atoms with Crippen molar-refractivity contribution in [3.05, 3.63) is 28.2 Å². The molecule has 1 aromatic carbocycles. The molecular weight excluding hydrogens is 360 g/mol. The van der Waals surface area contributed by atoms with Crippen LogP contribution in [0, 0.1) is 0 Å². The first-order chi connectivity index (χ1) is 9.86. The molecule has 0 amide bonds. The summed E-state index contributed by atoms with van der Waals surface area (Å²) in [5, 5.41) is 8.50. The van der Waals surface area contributed by atoms with Crippen molar-refractivity contribution < 1.29 is 23.1 Å². The standard InChI is InChI=1S/C14H17BrO5S/c1-20-10-3-2-4-11(8-10)21(18,19)13-7-9(14(16)17)5-6-12(13)15/h5-7,10-11H,2-4,8H2,1H3,(H,16,17). The van der Waals surface area contributed by atoms with Crippen LogP contribution in [0.15, 0.2) is 27.6 Å². The number of benzene rings is 1. The number of hydrogen-bond acceptors (Lipinski definition) is 4. The van der Waals surface area contributed by atoms with Gasteiger partial charge in [0.2, 0.25) is 0 Å². The predicted molar refractivity (Wildman–Crippen MR) is 81.3 cm³/mol. The summed E-state index contributed by atoms with van der Waals surface area (Å²) in [4.78, 5) is 11.1. The summed E-state index contributed by atoms with van der Waals surface area (Å²) >= 11 is 3.21. The molecule has 2 unspecified atom stereocenters. The Labute approximate surface area is 132 Å². The summed E-state index contributed by atoms with van der Waals surface area (Å²) in [5.41, 5.74) is -0.0316. The molecule has 0 radical (unpaired) electrons. The minimum atomic E-state index is -3.58. The van der Waals surface area contributed by atoms with Gasteiger partial charge in [-0.25, -0.2) is 13.2 Å². The van der Waals surface area contributed by atoms with Gasteiger partial charge in [-0.15, -0.1) is 0 Å². The van der Waals surface area contributed by atoms with Crippen LogP contribution >= 0.6 is 15.9 Å². The van der Waals surface area contributed by atoms with Crippen LogP contribution in [0.2, 0.25) is 0 Å². The molecule has 1 N–H and O–H groups in total. The number of methoxy groups -OCH3 is 1. The maximum atomic E-state index is 12.8. The zero-order valence-electron chi connectivity index (χ0n) is 11.6. The van der Waals surface area contributed by atoms with Crippen molar-refractivity contribution in [2.45, 2.75) is 41.9 Å². The molecule has 0 saturated heterocycles. The molecule has 0 aliphatic heterocycles. The minimum absolute atomic E-state index is 0.0316. The maximum absolute atomic E-state index is 12.8. The zero-order chi connectivity index (χ0) is 15.6. The number of carbonyl (C=O) groups is 1. The van der Waals surface area contributed by atoms with Crippen LogP contribution in [0.4, 0.5) is 0 Å². The molecule has 1 aliphatic rings. The van der Waals surface area contributed by atoms with Gasteiger partial charge in [0.05, 0.1) is 21.8 Å². The van der Waals surface area contributed by atoms with Crippen molar-refractivity contribution in [1.82, 2.24) is 0 Å². The van der Waals surface area contributed by atoms with Gasteiger partial charge in [-0.1, -0.05) is 0 Å². The average Bonchev–Trinajstić information content (AvgIpc) is 2.47. The number of sulfone groups is 1. The third-order valence-electron chi connectivity index (χ3n) is 3.83. The summed E-state index contributed by atoms with van der Waals surface area (Å²) in [6.07, 6.45) is 2.62. The molecule has 5 nitrogen and oxygen atoms in total. The fourth-order valence-corrected chi connectivity index (χ4v) is 5.49. The van der Waals surface area contributed by atoms with Crippen molar-refractivity contribution in [3.63, 3.8) is 0 Å². The van der Waals surface area contributed by atoms with E-state index < -0.39 is 21.1 Å². The quantitative estimate of drug-likeness (QED) is 0.873. The maximum Gasteiger partial charge on any atom is 0.335 e. The van der Waals surface area contributed by atoms with Crippen molar-refractivity contribution in [3.8, 4) is 0 Å². The summed E-state index contributed by atoms with van der Waals surface area (Å²) < 4.78 is 31.2. The highest BCUT2D eigenvalue weighted by molar-refractivity contribution is 9.10. The molecule has 116 valence electrons. The molecule has 0 heterocycles. The van der Waals surface area contributed by atoms with E-state index in [4.69, 9.17) is 9.84 Å². The highest BCUT2D eigenvalue weighted by Gasteiger charge is 2.34. The highest BCUT2D eigenvalue weighted by Crippen LogP contribution is 2.33. The third-order valence-corrected chi connectivity index (χ3v) is 7.05. The van der Waals surface area contributed by atoms with E-state index in [-0.39, 0.29) is 16.6 Å². The van der Waals surface area contributed by atoms with Gasteiger partial charge >= 0.3 is 5.97 Å². The second-order valence-corrected chi connectivity index (χ2v) is 8.19. The molecule has 1 aromatic rings. The summed E-state index contributed by atoms with van der Waals surface area (Å²) in [7, 11) is -2.00. The predicted octanol–water partition coefficient (Wildman–Crippen LogP) is 2.88. The number of ether oxygens (including phenoxy) is 1. The second kappa shape index (κ2) is 6.46. The average molecular weight is 377 g/mol. The summed E-state index contributed by atoms with van der Waals surface area (Å²) in [5.74, 6) is -1.14. The fourth-order valence-electron chi connectivity index (χ4n) is 2.63. The van der Waals surface area contributed by atoms with Crippen LogP contribution in [0.5, 0.6) is 0 Å². The first-order valence-electron chi connectivity index (χ1n) is 6.65. The van der Waals surface area contributed by atoms with Crippen LogP contribution in [0.3, 0.4) is 0 Å². The number of carboxylic acids is 1. The Bertz CT molecular complexity index is 641. The number of carboxylic acid groups (broad SMARTS) is 1. The lowest BCUT2D eigenvalue weighted by atomic mass is 9.97. The first-order valence-corrected chi connectivity index (χ1v) is 8.99. The van der Waals surface area contributed by atoms with Crippen LogP contribution in [-0.2, 0) is 14.6 Å². The lowest BCUT2D eigenvalue weighted by molar-refractivity contribution is 0.0695. The van der Waals surface area contributed by atoms with E-state index in [1.165, 1.54) is 18.2 Å². The summed E-state index contributed by atoms with van der Waals surface area (Å²) in [6, 6.07) is 4.06. The molecule has 0 bridgehead atoms. The number of halogens is 1. The first kappa shape index (κ1) is 16.5. The normalized spacial score (nSPS) is 23.0. The van der Waals surface area contributed by atoms with E-state index in [1.807, 2.05) is 0 Å². The van der Waals surface area contributed by atoms with E-state index in [9.17, 15) is 13.2 Å². The molecule has 2 rings (SSSR count). The van der Waals surface area contributed by atoms with Crippen molar-refractivity contribution in [1.29, 1.82) is 0 Å². The Kier molecular flexibility index (Phi) is 5.06. The highest BCUT2D eigenvalue weighted by atomic mass is 79.9. The molecule has 21 heavy (non-hydrogen) atoms. The smallest absolute Gasteiger partial charge is 0.335 e. The van der Waals surface area contributed by atoms with E-state index >= 15 is 0 Å². The van der Waals surface area contributed by atoms with Crippen LogP contribution in [0.25, 0.3) is 0 Å². The Balaban J connectivity index is 2.39. The van der Waals surface area contributed by atoms with Gasteiger partial charge in [0, 0.05) is 11.6 Å². The fraction of sp³-hybridized carbons (Fsp3) is 0.500. The van der Waals surface area contributed by atoms with Crippen molar-refractivity contribution >= 4 is 31.7 Å². The topological polar surface area (TPSA) is 80.7 Å². The molecule has 2 atom stereocenters. The molecule has 7 heteroatoms. The Hall–Kier alpha value is -0.920. The Morgan fingerprint density at radius 3 is 2.71 bits per heavy atom. The molecule has 0 spiro atoms. The lowest BCUT2D eigenvalue weighted by Gasteiger charge is -2.28. The van der Waals surface area contributed by atoms with E-state index in [0.29, 0.717) is 17.3 Å². The van der Waals surface area contributed by atoms with E-state index in [2.05, 4.69) is 15.9 Å². The van der Waals surface area contributed by atoms with Gasteiger partial charge in [-0.05, 0) is 59.8 Å². The lowest BCUT2D eigenvalue weighted by Crippen LogP contribution is -2.32. The van der Waals surface area contributed by atoms with Crippen LogP contribution in [0.1, 0.15) is 36.0 Å². The van der Waals surface area contributed by atoms with Gasteiger partial charge < -0.3 is 9.84 Å². The Morgan fingerprint density at radius 1 is 1.38 bits per heavy atom. The van der Waals surface area contributed by atoms with Gasteiger partial charge in [0.25, 0.3) is 0 Å². The number of hydrogen-bond donors (Lipinski definition) is 1. The monoisotopic (exact) mass is 376 g/mol. The van der Waals surface area contributed by atoms with Gasteiger partial charge in [-0.3, -0.25) is 0 Å². The van der Waals surface area contributed by atoms with E-state index in [0.717, 1.165) is 12.8 Å². The molecule has 0 aromatic heterocycles. The van der Waals surface area contributed by atoms with Crippen molar-refractivity contribution in [2.24, 2.45) is 0 Å².